The Morgan fingerprint density at radius 1 is 1.07 bits per heavy atom. The number of benzene rings is 2. The summed E-state index contributed by atoms with van der Waals surface area (Å²) in [6.07, 6.45) is 3.18. The Bertz CT molecular complexity index is 885. The SMILES string of the molecule is [C-]#[N+]c1cc(OC)c(OC)cc1NC(=O)/C=C/c1ccc(C(C)(C)C)cc1. The predicted octanol–water partition coefficient (Wildman–Crippen LogP) is 5.20. The molecular formula is C22H24N2O3. The van der Waals surface area contributed by atoms with E-state index in [-0.39, 0.29) is 17.0 Å². The molecule has 27 heavy (non-hydrogen) atoms. The van der Waals surface area contributed by atoms with Gasteiger partial charge in [0.25, 0.3) is 0 Å². The normalized spacial score (nSPS) is 11.1. The Balaban J connectivity index is 2.16. The van der Waals surface area contributed by atoms with Crippen LogP contribution in [0, 0.1) is 6.57 Å². The molecule has 0 atom stereocenters. The van der Waals surface area contributed by atoms with Gasteiger partial charge in [-0.3, -0.25) is 4.79 Å². The molecule has 5 nitrogen and oxygen atoms in total. The number of rotatable bonds is 5. The van der Waals surface area contributed by atoms with Crippen LogP contribution in [0.1, 0.15) is 31.9 Å². The molecule has 0 heterocycles. The van der Waals surface area contributed by atoms with Gasteiger partial charge in [0, 0.05) is 6.08 Å². The highest BCUT2D eigenvalue weighted by Gasteiger charge is 2.13. The van der Waals surface area contributed by atoms with Gasteiger partial charge in [-0.05, 0) is 34.8 Å². The number of amides is 1. The molecule has 0 saturated heterocycles. The molecule has 0 aliphatic carbocycles. The minimum atomic E-state index is -0.327. The molecule has 1 N–H and O–H groups in total. The molecule has 0 fully saturated rings. The summed E-state index contributed by atoms with van der Waals surface area (Å²) >= 11 is 0. The smallest absolute Gasteiger partial charge is 0.247 e. The van der Waals surface area contributed by atoms with Crippen LogP contribution in [0.25, 0.3) is 10.9 Å². The molecular weight excluding hydrogens is 340 g/mol. The molecule has 0 aliphatic heterocycles. The molecule has 2 aromatic rings. The zero-order valence-electron chi connectivity index (χ0n) is 16.3. The quantitative estimate of drug-likeness (QED) is 0.586. The van der Waals surface area contributed by atoms with Gasteiger partial charge in [0.2, 0.25) is 11.6 Å². The number of methoxy groups -OCH3 is 2. The van der Waals surface area contributed by atoms with Crippen LogP contribution in [-0.4, -0.2) is 20.1 Å². The van der Waals surface area contributed by atoms with Gasteiger partial charge in [0.1, 0.15) is 0 Å². The maximum atomic E-state index is 12.3. The topological polar surface area (TPSA) is 51.9 Å². The largest absolute Gasteiger partial charge is 0.494 e. The Labute approximate surface area is 160 Å². The number of hydrogen-bond donors (Lipinski definition) is 1. The third kappa shape index (κ3) is 5.11. The summed E-state index contributed by atoms with van der Waals surface area (Å²) in [5.41, 5.74) is 2.90. The van der Waals surface area contributed by atoms with E-state index in [1.807, 2.05) is 12.1 Å². The molecule has 0 spiro atoms. The van der Waals surface area contributed by atoms with Gasteiger partial charge < -0.3 is 14.8 Å². The lowest BCUT2D eigenvalue weighted by molar-refractivity contribution is -0.111. The number of carbonyl (C=O) groups excluding carboxylic acids is 1. The van der Waals surface area contributed by atoms with Crippen molar-refractivity contribution in [3.05, 3.63) is 65.0 Å². The van der Waals surface area contributed by atoms with E-state index >= 15 is 0 Å². The van der Waals surface area contributed by atoms with Crippen LogP contribution >= 0.6 is 0 Å². The lowest BCUT2D eigenvalue weighted by atomic mass is 9.87. The fourth-order valence-corrected chi connectivity index (χ4v) is 2.50. The van der Waals surface area contributed by atoms with Crippen molar-refractivity contribution in [1.29, 1.82) is 0 Å². The van der Waals surface area contributed by atoms with Crippen LogP contribution in [0.3, 0.4) is 0 Å². The van der Waals surface area contributed by atoms with Crippen LogP contribution in [0.5, 0.6) is 11.5 Å². The van der Waals surface area contributed by atoms with E-state index in [1.54, 1.807) is 12.1 Å². The second kappa shape index (κ2) is 8.41. The number of ether oxygens (including phenoxy) is 2. The van der Waals surface area contributed by atoms with E-state index in [4.69, 9.17) is 16.0 Å². The molecule has 140 valence electrons. The fourth-order valence-electron chi connectivity index (χ4n) is 2.50. The average Bonchev–Trinajstić information content (AvgIpc) is 2.65. The van der Waals surface area contributed by atoms with Crippen LogP contribution in [0.4, 0.5) is 11.4 Å². The molecule has 0 aliphatic rings. The van der Waals surface area contributed by atoms with Gasteiger partial charge in [0.15, 0.2) is 11.5 Å². The molecule has 1 amide bonds. The number of anilines is 1. The maximum Gasteiger partial charge on any atom is 0.247 e. The summed E-state index contributed by atoms with van der Waals surface area (Å²) in [6, 6.07) is 11.2. The summed E-state index contributed by atoms with van der Waals surface area (Å²) in [5.74, 6) is 0.560. The summed E-state index contributed by atoms with van der Waals surface area (Å²) in [4.78, 5) is 15.7. The highest BCUT2D eigenvalue weighted by molar-refractivity contribution is 6.04. The highest BCUT2D eigenvalue weighted by Crippen LogP contribution is 2.38. The van der Waals surface area contributed by atoms with E-state index in [9.17, 15) is 4.79 Å². The standard InChI is InChI=1S/C22H24N2O3/c1-22(2,3)16-10-7-15(8-11-16)9-12-21(25)24-18-14-20(27-6)19(26-5)13-17(18)23-4/h7-14H,1-3,5-6H3,(H,24,25)/b12-9+. The monoisotopic (exact) mass is 364 g/mol. The van der Waals surface area contributed by atoms with Crippen molar-refractivity contribution in [2.75, 3.05) is 19.5 Å². The number of nitrogens with zero attached hydrogens (tertiary/aromatic N) is 1. The van der Waals surface area contributed by atoms with E-state index in [1.165, 1.54) is 31.9 Å². The van der Waals surface area contributed by atoms with E-state index in [2.05, 4.69) is 43.1 Å². The minimum Gasteiger partial charge on any atom is -0.494 e. The van der Waals surface area contributed by atoms with E-state index < -0.39 is 0 Å². The summed E-state index contributed by atoms with van der Waals surface area (Å²) in [5, 5.41) is 2.72. The van der Waals surface area contributed by atoms with Crippen molar-refractivity contribution in [3.63, 3.8) is 0 Å². The zero-order chi connectivity index (χ0) is 20.0. The van der Waals surface area contributed by atoms with Crippen molar-refractivity contribution in [3.8, 4) is 11.5 Å². The molecule has 5 heteroatoms. The van der Waals surface area contributed by atoms with E-state index in [0.29, 0.717) is 17.2 Å². The van der Waals surface area contributed by atoms with Crippen molar-refractivity contribution in [1.82, 2.24) is 0 Å². The van der Waals surface area contributed by atoms with Gasteiger partial charge >= 0.3 is 0 Å². The highest BCUT2D eigenvalue weighted by atomic mass is 16.5. The average molecular weight is 364 g/mol. The second-order valence-corrected chi connectivity index (χ2v) is 7.03. The van der Waals surface area contributed by atoms with Crippen molar-refractivity contribution < 1.29 is 14.3 Å². The third-order valence-electron chi connectivity index (χ3n) is 4.08. The second-order valence-electron chi connectivity index (χ2n) is 7.03. The molecule has 2 aromatic carbocycles. The van der Waals surface area contributed by atoms with Crippen molar-refractivity contribution in [2.24, 2.45) is 0 Å². The first kappa shape index (κ1) is 20.1. The summed E-state index contributed by atoms with van der Waals surface area (Å²) in [7, 11) is 3.00. The zero-order valence-corrected chi connectivity index (χ0v) is 16.3. The molecule has 0 saturated carbocycles. The minimum absolute atomic E-state index is 0.0865. The van der Waals surface area contributed by atoms with Gasteiger partial charge in [-0.15, -0.1) is 0 Å². The van der Waals surface area contributed by atoms with Crippen molar-refractivity contribution >= 4 is 23.4 Å². The van der Waals surface area contributed by atoms with Gasteiger partial charge in [0.05, 0.1) is 26.5 Å². The third-order valence-corrected chi connectivity index (χ3v) is 4.08. The molecule has 0 aromatic heterocycles. The van der Waals surface area contributed by atoms with E-state index in [0.717, 1.165) is 5.56 Å². The maximum absolute atomic E-state index is 12.3. The lowest BCUT2D eigenvalue weighted by Gasteiger charge is -2.18. The molecule has 0 unspecified atom stereocenters. The van der Waals surface area contributed by atoms with Crippen LogP contribution in [0.2, 0.25) is 0 Å². The van der Waals surface area contributed by atoms with Crippen molar-refractivity contribution in [2.45, 2.75) is 26.2 Å². The first-order valence-corrected chi connectivity index (χ1v) is 8.51. The lowest BCUT2D eigenvalue weighted by Crippen LogP contribution is -2.10. The fraction of sp³-hybridized carbons (Fsp3) is 0.273. The first-order valence-electron chi connectivity index (χ1n) is 8.51. The Morgan fingerprint density at radius 3 is 2.19 bits per heavy atom. The number of carbonyl (C=O) groups is 1. The van der Waals surface area contributed by atoms with Gasteiger partial charge in [-0.1, -0.05) is 45.0 Å². The molecule has 2 rings (SSSR count). The number of hydrogen-bond acceptors (Lipinski definition) is 3. The molecule has 0 radical (unpaired) electrons. The predicted molar refractivity (Wildman–Crippen MR) is 109 cm³/mol. The Morgan fingerprint density at radius 2 is 1.67 bits per heavy atom. The molecule has 0 bridgehead atoms. The summed E-state index contributed by atoms with van der Waals surface area (Å²) in [6.45, 7) is 13.8. The Kier molecular flexibility index (Phi) is 6.25. The summed E-state index contributed by atoms with van der Waals surface area (Å²) < 4.78 is 10.4. The van der Waals surface area contributed by atoms with Crippen LogP contribution in [0.15, 0.2) is 42.5 Å². The number of nitrogens with one attached hydrogen (secondary N) is 1. The van der Waals surface area contributed by atoms with Crippen LogP contribution in [-0.2, 0) is 10.2 Å². The first-order chi connectivity index (χ1) is 12.8. The van der Waals surface area contributed by atoms with Gasteiger partial charge in [-0.25, -0.2) is 4.85 Å². The van der Waals surface area contributed by atoms with Gasteiger partial charge in [-0.2, -0.15) is 0 Å². The Hall–Kier alpha value is -3.26. The van der Waals surface area contributed by atoms with Crippen LogP contribution < -0.4 is 14.8 Å².